The molecule has 0 spiro atoms. The molecule has 0 bridgehead atoms. The third-order valence-corrected chi connectivity index (χ3v) is 3.38. The number of anilines is 2. The molecular formula is C13H20N2O. The topological polar surface area (TPSA) is 47.3 Å². The summed E-state index contributed by atoms with van der Waals surface area (Å²) in [6.07, 6.45) is 1.50. The molecule has 2 atom stereocenters. The number of aryl methyl sites for hydroxylation is 1. The van der Waals surface area contributed by atoms with Gasteiger partial charge in [0.2, 0.25) is 0 Å². The molecule has 16 heavy (non-hydrogen) atoms. The lowest BCUT2D eigenvalue weighted by Crippen LogP contribution is -2.21. The van der Waals surface area contributed by atoms with E-state index in [-0.39, 0.29) is 0 Å². The van der Waals surface area contributed by atoms with Gasteiger partial charge in [0.15, 0.2) is 0 Å². The Balaban J connectivity index is 1.99. The summed E-state index contributed by atoms with van der Waals surface area (Å²) >= 11 is 0. The van der Waals surface area contributed by atoms with Gasteiger partial charge in [0.1, 0.15) is 0 Å². The highest BCUT2D eigenvalue weighted by atomic mass is 16.5. The number of benzene rings is 1. The molecule has 0 amide bonds. The van der Waals surface area contributed by atoms with E-state index in [1.807, 2.05) is 12.1 Å². The lowest BCUT2D eigenvalue weighted by Gasteiger charge is -2.18. The fraction of sp³-hybridized carbons (Fsp3) is 0.538. The van der Waals surface area contributed by atoms with Gasteiger partial charge < -0.3 is 15.8 Å². The van der Waals surface area contributed by atoms with E-state index in [4.69, 9.17) is 10.5 Å². The zero-order chi connectivity index (χ0) is 11.5. The number of nitrogens with one attached hydrogen (secondary N) is 1. The van der Waals surface area contributed by atoms with E-state index >= 15 is 0 Å². The van der Waals surface area contributed by atoms with E-state index in [9.17, 15) is 0 Å². The second-order valence-corrected chi connectivity index (χ2v) is 4.54. The highest BCUT2D eigenvalue weighted by Crippen LogP contribution is 2.25. The quantitative estimate of drug-likeness (QED) is 0.769. The average molecular weight is 220 g/mol. The minimum Gasteiger partial charge on any atom is -0.397 e. The van der Waals surface area contributed by atoms with Crippen LogP contribution in [0, 0.1) is 12.8 Å². The molecular weight excluding hydrogens is 200 g/mol. The third kappa shape index (κ3) is 2.30. The number of para-hydroxylation sites is 1. The summed E-state index contributed by atoms with van der Waals surface area (Å²) in [5, 5.41) is 3.45. The predicted molar refractivity (Wildman–Crippen MR) is 67.6 cm³/mol. The molecule has 1 saturated heterocycles. The summed E-state index contributed by atoms with van der Waals surface area (Å²) in [6.45, 7) is 6.04. The van der Waals surface area contributed by atoms with E-state index in [1.54, 1.807) is 0 Å². The van der Waals surface area contributed by atoms with Crippen LogP contribution in [-0.4, -0.2) is 19.3 Å². The van der Waals surface area contributed by atoms with Crippen LogP contribution < -0.4 is 11.1 Å². The fourth-order valence-electron chi connectivity index (χ4n) is 2.21. The van der Waals surface area contributed by atoms with Crippen molar-refractivity contribution in [3.63, 3.8) is 0 Å². The average Bonchev–Trinajstić information content (AvgIpc) is 2.64. The van der Waals surface area contributed by atoms with Crippen LogP contribution in [0.4, 0.5) is 11.4 Å². The molecule has 2 rings (SSSR count). The van der Waals surface area contributed by atoms with Crippen LogP contribution in [0.5, 0.6) is 0 Å². The molecule has 2 unspecified atom stereocenters. The van der Waals surface area contributed by atoms with Crippen LogP contribution in [0.2, 0.25) is 0 Å². The van der Waals surface area contributed by atoms with Gasteiger partial charge in [-0.05, 0) is 31.9 Å². The molecule has 3 N–H and O–H groups in total. The predicted octanol–water partition coefficient (Wildman–Crippen LogP) is 2.41. The molecule has 0 aromatic heterocycles. The molecule has 1 aromatic rings. The summed E-state index contributed by atoms with van der Waals surface area (Å²) in [7, 11) is 0. The normalized spacial score (nSPS) is 24.6. The van der Waals surface area contributed by atoms with Gasteiger partial charge in [0.25, 0.3) is 0 Å². The Kier molecular flexibility index (Phi) is 3.34. The SMILES string of the molecule is Cc1cccc(N)c1NCC1CCOC1C. The molecule has 1 aliphatic rings. The molecule has 3 nitrogen and oxygen atoms in total. The van der Waals surface area contributed by atoms with Crippen LogP contribution in [0.25, 0.3) is 0 Å². The van der Waals surface area contributed by atoms with E-state index < -0.39 is 0 Å². The Hall–Kier alpha value is -1.22. The van der Waals surface area contributed by atoms with Gasteiger partial charge in [0.05, 0.1) is 17.5 Å². The maximum atomic E-state index is 5.95. The van der Waals surface area contributed by atoms with Crippen molar-refractivity contribution in [3.8, 4) is 0 Å². The maximum Gasteiger partial charge on any atom is 0.0603 e. The van der Waals surface area contributed by atoms with Crippen LogP contribution >= 0.6 is 0 Å². The van der Waals surface area contributed by atoms with Crippen molar-refractivity contribution in [2.45, 2.75) is 26.4 Å². The first-order valence-corrected chi connectivity index (χ1v) is 5.89. The zero-order valence-electron chi connectivity index (χ0n) is 9.99. The van der Waals surface area contributed by atoms with Crippen molar-refractivity contribution in [3.05, 3.63) is 23.8 Å². The summed E-state index contributed by atoms with van der Waals surface area (Å²) in [4.78, 5) is 0. The van der Waals surface area contributed by atoms with Crippen molar-refractivity contribution >= 4 is 11.4 Å². The lowest BCUT2D eigenvalue weighted by molar-refractivity contribution is 0.108. The number of rotatable bonds is 3. The van der Waals surface area contributed by atoms with Crippen molar-refractivity contribution in [2.24, 2.45) is 5.92 Å². The Morgan fingerprint density at radius 2 is 2.31 bits per heavy atom. The smallest absolute Gasteiger partial charge is 0.0603 e. The molecule has 0 aliphatic carbocycles. The van der Waals surface area contributed by atoms with Gasteiger partial charge in [-0.3, -0.25) is 0 Å². The Labute approximate surface area is 97.0 Å². The molecule has 1 aromatic carbocycles. The number of ether oxygens (including phenoxy) is 1. The second kappa shape index (κ2) is 4.74. The zero-order valence-corrected chi connectivity index (χ0v) is 9.99. The van der Waals surface area contributed by atoms with Crippen molar-refractivity contribution in [2.75, 3.05) is 24.2 Å². The van der Waals surface area contributed by atoms with Crippen LogP contribution in [0.1, 0.15) is 18.9 Å². The minimum absolute atomic E-state index is 0.359. The summed E-state index contributed by atoms with van der Waals surface area (Å²) in [6, 6.07) is 5.99. The summed E-state index contributed by atoms with van der Waals surface area (Å²) < 4.78 is 5.54. The monoisotopic (exact) mass is 220 g/mol. The van der Waals surface area contributed by atoms with Gasteiger partial charge >= 0.3 is 0 Å². The van der Waals surface area contributed by atoms with E-state index in [2.05, 4.69) is 25.2 Å². The van der Waals surface area contributed by atoms with Gasteiger partial charge in [-0.2, -0.15) is 0 Å². The van der Waals surface area contributed by atoms with Gasteiger partial charge in [-0.25, -0.2) is 0 Å². The molecule has 0 saturated carbocycles. The minimum atomic E-state index is 0.359. The fourth-order valence-corrected chi connectivity index (χ4v) is 2.21. The highest BCUT2D eigenvalue weighted by molar-refractivity contribution is 5.69. The second-order valence-electron chi connectivity index (χ2n) is 4.54. The van der Waals surface area contributed by atoms with Gasteiger partial charge in [-0.1, -0.05) is 12.1 Å². The number of nitrogens with two attached hydrogens (primary N) is 1. The van der Waals surface area contributed by atoms with Crippen molar-refractivity contribution in [1.82, 2.24) is 0 Å². The standard InChI is InChI=1S/C13H20N2O/c1-9-4-3-5-12(14)13(9)15-8-11-6-7-16-10(11)2/h3-5,10-11,15H,6-8,14H2,1-2H3. The lowest BCUT2D eigenvalue weighted by atomic mass is 10.0. The van der Waals surface area contributed by atoms with Crippen molar-refractivity contribution in [1.29, 1.82) is 0 Å². The Bertz CT molecular complexity index is 345. The molecule has 1 aliphatic heterocycles. The number of hydrogen-bond donors (Lipinski definition) is 2. The first-order chi connectivity index (χ1) is 7.68. The largest absolute Gasteiger partial charge is 0.397 e. The van der Waals surface area contributed by atoms with Crippen LogP contribution in [0.3, 0.4) is 0 Å². The van der Waals surface area contributed by atoms with Crippen LogP contribution in [-0.2, 0) is 4.74 Å². The molecule has 1 fully saturated rings. The van der Waals surface area contributed by atoms with Crippen LogP contribution in [0.15, 0.2) is 18.2 Å². The van der Waals surface area contributed by atoms with E-state index in [1.165, 1.54) is 5.56 Å². The molecule has 0 radical (unpaired) electrons. The number of nitrogen functional groups attached to an aromatic ring is 1. The van der Waals surface area contributed by atoms with Crippen molar-refractivity contribution < 1.29 is 4.74 Å². The highest BCUT2D eigenvalue weighted by Gasteiger charge is 2.23. The number of hydrogen-bond acceptors (Lipinski definition) is 3. The van der Waals surface area contributed by atoms with E-state index in [0.717, 1.165) is 30.9 Å². The molecule has 3 heteroatoms. The molecule has 1 heterocycles. The molecule has 88 valence electrons. The third-order valence-electron chi connectivity index (χ3n) is 3.38. The Morgan fingerprint density at radius 1 is 1.50 bits per heavy atom. The summed E-state index contributed by atoms with van der Waals surface area (Å²) in [5.41, 5.74) is 9.04. The Morgan fingerprint density at radius 3 is 2.94 bits per heavy atom. The first kappa shape index (κ1) is 11.3. The maximum absolute atomic E-state index is 5.95. The van der Waals surface area contributed by atoms with Gasteiger partial charge in [-0.15, -0.1) is 0 Å². The first-order valence-electron chi connectivity index (χ1n) is 5.89. The van der Waals surface area contributed by atoms with Gasteiger partial charge in [0, 0.05) is 19.1 Å². The summed E-state index contributed by atoms with van der Waals surface area (Å²) in [5.74, 6) is 0.596. The van der Waals surface area contributed by atoms with E-state index in [0.29, 0.717) is 12.0 Å².